The van der Waals surface area contributed by atoms with Crippen LogP contribution in [0.2, 0.25) is 0 Å². The molecule has 3 N–H and O–H groups in total. The van der Waals surface area contributed by atoms with E-state index in [0.29, 0.717) is 48.8 Å². The maximum atomic E-state index is 15.3. The van der Waals surface area contributed by atoms with Crippen molar-refractivity contribution in [3.05, 3.63) is 64.0 Å². The number of piperidine rings is 1. The van der Waals surface area contributed by atoms with Crippen molar-refractivity contribution in [1.82, 2.24) is 9.88 Å². The summed E-state index contributed by atoms with van der Waals surface area (Å²) in [5.74, 6) is -0.325. The molecule has 0 bridgehead atoms. The molecule has 174 valence electrons. The Morgan fingerprint density at radius 1 is 1.21 bits per heavy atom. The van der Waals surface area contributed by atoms with Crippen molar-refractivity contribution in [3.63, 3.8) is 0 Å². The van der Waals surface area contributed by atoms with E-state index < -0.39 is 5.82 Å². The molecule has 0 unspecified atom stereocenters. The number of halogens is 1. The van der Waals surface area contributed by atoms with Crippen LogP contribution in [0.3, 0.4) is 0 Å². The molecule has 34 heavy (non-hydrogen) atoms. The first-order chi connectivity index (χ1) is 16.4. The second-order valence-electron chi connectivity index (χ2n) is 9.59. The molecule has 0 aliphatic carbocycles. The van der Waals surface area contributed by atoms with Gasteiger partial charge in [-0.05, 0) is 47.6 Å². The van der Waals surface area contributed by atoms with E-state index in [1.165, 1.54) is 6.07 Å². The number of rotatable bonds is 2. The number of benzene rings is 2. The predicted octanol–water partition coefficient (Wildman–Crippen LogP) is 4.09. The summed E-state index contributed by atoms with van der Waals surface area (Å²) < 4.78 is 20.8. The fourth-order valence-electron chi connectivity index (χ4n) is 5.49. The monoisotopic (exact) mass is 460 g/mol. The number of anilines is 2. The molecule has 3 aromatic rings. The number of aromatic nitrogens is 1. The van der Waals surface area contributed by atoms with Gasteiger partial charge in [0.25, 0.3) is 5.91 Å². The molecule has 3 aliphatic rings. The highest BCUT2D eigenvalue weighted by Gasteiger charge is 2.34. The van der Waals surface area contributed by atoms with Crippen LogP contribution in [-0.2, 0) is 29.2 Å². The molecule has 7 nitrogen and oxygen atoms in total. The average molecular weight is 461 g/mol. The molecule has 1 aromatic heterocycles. The van der Waals surface area contributed by atoms with Gasteiger partial charge in [-0.25, -0.2) is 9.37 Å². The van der Waals surface area contributed by atoms with Crippen LogP contribution in [0.15, 0.2) is 30.3 Å². The van der Waals surface area contributed by atoms with E-state index in [0.717, 1.165) is 40.8 Å². The van der Waals surface area contributed by atoms with E-state index in [4.69, 9.17) is 10.5 Å². The Morgan fingerprint density at radius 3 is 2.88 bits per heavy atom. The van der Waals surface area contributed by atoms with Crippen molar-refractivity contribution in [2.24, 2.45) is 5.92 Å². The highest BCUT2D eigenvalue weighted by atomic mass is 19.1. The molecule has 6 rings (SSSR count). The number of nitrogens with one attached hydrogen (secondary N) is 1. The predicted molar refractivity (Wildman–Crippen MR) is 126 cm³/mol. The van der Waals surface area contributed by atoms with E-state index in [2.05, 4.69) is 17.2 Å². The highest BCUT2D eigenvalue weighted by Crippen LogP contribution is 2.38. The SMILES string of the molecule is C[C@@H]1CC[C@@H](c2ccc3c(c2)CC(=O)N3)N(C(=O)c2cc3c4c(c(N)nc3cc2F)COC4)C1. The van der Waals surface area contributed by atoms with E-state index in [1.807, 2.05) is 18.2 Å². The number of carbonyl (C=O) groups excluding carboxylic acids is 2. The second-order valence-corrected chi connectivity index (χ2v) is 9.59. The molecule has 2 amide bonds. The number of pyridine rings is 1. The number of hydrogen-bond acceptors (Lipinski definition) is 5. The summed E-state index contributed by atoms with van der Waals surface area (Å²) in [5, 5.41) is 3.55. The average Bonchev–Trinajstić information content (AvgIpc) is 3.44. The molecular formula is C26H25FN4O3. The van der Waals surface area contributed by atoms with E-state index >= 15 is 4.39 Å². The molecule has 8 heteroatoms. The highest BCUT2D eigenvalue weighted by molar-refractivity contribution is 6.00. The smallest absolute Gasteiger partial charge is 0.257 e. The summed E-state index contributed by atoms with van der Waals surface area (Å²) in [6.45, 7) is 3.38. The third-order valence-corrected chi connectivity index (χ3v) is 7.27. The summed E-state index contributed by atoms with van der Waals surface area (Å²) in [6.07, 6.45) is 2.09. The van der Waals surface area contributed by atoms with Gasteiger partial charge in [0.2, 0.25) is 5.91 Å². The Kier molecular flexibility index (Phi) is 4.81. The van der Waals surface area contributed by atoms with Crippen LogP contribution in [0, 0.1) is 11.7 Å². The molecule has 0 spiro atoms. The first-order valence-electron chi connectivity index (χ1n) is 11.6. The zero-order valence-electron chi connectivity index (χ0n) is 18.9. The third-order valence-electron chi connectivity index (χ3n) is 7.27. The lowest BCUT2D eigenvalue weighted by atomic mass is 9.88. The third kappa shape index (κ3) is 3.32. The standard InChI is InChI=1S/C26H25FN4O3/c1-13-2-5-23(14-3-4-21-15(6-14)7-24(32)29-21)31(10-13)26(33)17-8-16-18-11-34-12-19(18)25(28)30-22(16)9-20(17)27/h3-4,6,8-9,13,23H,2,5,7,10-12H2,1H3,(H2,28,30)(H,29,32)/t13-,23+/m1/s1. The number of hydrogen-bond donors (Lipinski definition) is 2. The van der Waals surface area contributed by atoms with Crippen LogP contribution < -0.4 is 11.1 Å². The number of amides is 2. The molecule has 4 heterocycles. The molecule has 2 aromatic carbocycles. The van der Waals surface area contributed by atoms with Gasteiger partial charge in [0.05, 0.1) is 36.8 Å². The number of likely N-dealkylation sites (tertiary alicyclic amines) is 1. The van der Waals surface area contributed by atoms with Crippen molar-refractivity contribution < 1.29 is 18.7 Å². The van der Waals surface area contributed by atoms with Crippen LogP contribution in [0.25, 0.3) is 10.9 Å². The minimum Gasteiger partial charge on any atom is -0.383 e. The maximum Gasteiger partial charge on any atom is 0.257 e. The largest absolute Gasteiger partial charge is 0.383 e. The minimum atomic E-state index is -0.607. The fourth-order valence-corrected chi connectivity index (χ4v) is 5.49. The molecule has 0 radical (unpaired) electrons. The van der Waals surface area contributed by atoms with Crippen molar-refractivity contribution in [2.45, 2.75) is 45.4 Å². The molecule has 2 atom stereocenters. The topological polar surface area (TPSA) is 97.6 Å². The molecule has 3 aliphatic heterocycles. The van der Waals surface area contributed by atoms with Crippen molar-refractivity contribution >= 4 is 34.2 Å². The molecule has 0 saturated carbocycles. The number of nitrogens with two attached hydrogens (primary N) is 1. The number of ether oxygens (including phenoxy) is 1. The lowest BCUT2D eigenvalue weighted by molar-refractivity contribution is -0.115. The van der Waals surface area contributed by atoms with Crippen molar-refractivity contribution in [2.75, 3.05) is 17.6 Å². The normalized spacial score (nSPS) is 21.5. The Morgan fingerprint density at radius 2 is 2.03 bits per heavy atom. The number of nitrogen functional groups attached to an aromatic ring is 1. The van der Waals surface area contributed by atoms with Crippen molar-refractivity contribution in [3.8, 4) is 0 Å². The van der Waals surface area contributed by atoms with E-state index in [1.54, 1.807) is 11.0 Å². The summed E-state index contributed by atoms with van der Waals surface area (Å²) in [5.41, 5.74) is 10.9. The number of carbonyl (C=O) groups is 2. The van der Waals surface area contributed by atoms with Gasteiger partial charge in [0.15, 0.2) is 0 Å². The summed E-state index contributed by atoms with van der Waals surface area (Å²) in [6, 6.07) is 8.58. The Labute approximate surface area is 196 Å². The van der Waals surface area contributed by atoms with Crippen LogP contribution in [-0.4, -0.2) is 28.2 Å². The first-order valence-corrected chi connectivity index (χ1v) is 11.6. The fraction of sp³-hybridized carbons (Fsp3) is 0.346. The van der Waals surface area contributed by atoms with Crippen LogP contribution >= 0.6 is 0 Å². The number of fused-ring (bicyclic) bond motifs is 4. The molecular weight excluding hydrogens is 435 g/mol. The second kappa shape index (κ2) is 7.77. The lowest BCUT2D eigenvalue weighted by Crippen LogP contribution is -2.42. The molecule has 1 saturated heterocycles. The van der Waals surface area contributed by atoms with Gasteiger partial charge in [-0.2, -0.15) is 0 Å². The van der Waals surface area contributed by atoms with Gasteiger partial charge in [-0.3, -0.25) is 9.59 Å². The zero-order valence-corrected chi connectivity index (χ0v) is 18.9. The van der Waals surface area contributed by atoms with Crippen molar-refractivity contribution in [1.29, 1.82) is 0 Å². The summed E-state index contributed by atoms with van der Waals surface area (Å²) in [7, 11) is 0. The Bertz CT molecular complexity index is 1370. The minimum absolute atomic E-state index is 0.0265. The van der Waals surface area contributed by atoms with E-state index in [-0.39, 0.29) is 23.4 Å². The number of nitrogens with zero attached hydrogens (tertiary/aromatic N) is 2. The quantitative estimate of drug-likeness (QED) is 0.600. The van der Waals surface area contributed by atoms with Gasteiger partial charge in [-0.1, -0.05) is 19.1 Å². The van der Waals surface area contributed by atoms with Gasteiger partial charge < -0.3 is 20.7 Å². The zero-order chi connectivity index (χ0) is 23.6. The molecule has 1 fully saturated rings. The Balaban J connectivity index is 1.41. The summed E-state index contributed by atoms with van der Waals surface area (Å²) >= 11 is 0. The lowest BCUT2D eigenvalue weighted by Gasteiger charge is -2.39. The van der Waals surface area contributed by atoms with Gasteiger partial charge in [0, 0.05) is 29.2 Å². The maximum absolute atomic E-state index is 15.3. The van der Waals surface area contributed by atoms with Gasteiger partial charge in [-0.15, -0.1) is 0 Å². The first kappa shape index (κ1) is 21.0. The Hall–Kier alpha value is -3.52. The van der Waals surface area contributed by atoms with Gasteiger partial charge in [0.1, 0.15) is 11.6 Å². The van der Waals surface area contributed by atoms with Gasteiger partial charge >= 0.3 is 0 Å². The van der Waals surface area contributed by atoms with Crippen LogP contribution in [0.1, 0.15) is 58.4 Å². The van der Waals surface area contributed by atoms with Crippen LogP contribution in [0.4, 0.5) is 15.9 Å². The van der Waals surface area contributed by atoms with E-state index in [9.17, 15) is 9.59 Å². The van der Waals surface area contributed by atoms with Crippen LogP contribution in [0.5, 0.6) is 0 Å². The summed E-state index contributed by atoms with van der Waals surface area (Å²) in [4.78, 5) is 31.7.